The van der Waals surface area contributed by atoms with Crippen molar-refractivity contribution in [2.24, 2.45) is 0 Å². The van der Waals surface area contributed by atoms with Crippen molar-refractivity contribution in [1.29, 1.82) is 0 Å². The Hall–Kier alpha value is 0.531. The second-order valence-electron chi connectivity index (χ2n) is 8.69. The summed E-state index contributed by atoms with van der Waals surface area (Å²) in [6, 6.07) is 0. The predicted octanol–water partition coefficient (Wildman–Crippen LogP) is 8.98. The fourth-order valence-corrected chi connectivity index (χ4v) is 14.0. The van der Waals surface area contributed by atoms with Gasteiger partial charge in [0.1, 0.15) is 0 Å². The van der Waals surface area contributed by atoms with Crippen molar-refractivity contribution in [3.8, 4) is 0 Å². The first-order valence-electron chi connectivity index (χ1n) is 10.5. The third kappa shape index (κ3) is 43.3. The molecule has 0 heterocycles. The molecule has 0 radical (unpaired) electrons. The van der Waals surface area contributed by atoms with Gasteiger partial charge in [0.2, 0.25) is 0 Å². The van der Waals surface area contributed by atoms with Crippen molar-refractivity contribution in [1.82, 2.24) is 0 Å². The molecule has 0 aromatic carbocycles. The molecule has 0 atom stereocenters. The first-order chi connectivity index (χ1) is 11.5. The van der Waals surface area contributed by atoms with Gasteiger partial charge in [-0.15, -0.1) is 0 Å². The molecule has 0 fully saturated rings. The van der Waals surface area contributed by atoms with Gasteiger partial charge in [-0.2, -0.15) is 0 Å². The molecule has 0 amide bonds. The molecule has 3 nitrogen and oxygen atoms in total. The molecule has 0 aliphatic carbocycles. The normalized spacial score (nSPS) is 10.6. The van der Waals surface area contributed by atoms with E-state index in [4.69, 9.17) is 13.3 Å². The summed E-state index contributed by atoms with van der Waals surface area (Å²) in [5.74, 6) is 0. The second kappa shape index (κ2) is 26.6. The molecule has 0 saturated heterocycles. The third-order valence-corrected chi connectivity index (χ3v) is 12.2. The highest BCUT2D eigenvalue weighted by Crippen LogP contribution is 2.15. The maximum atomic E-state index is 8.57. The molecule has 0 bridgehead atoms. The van der Waals surface area contributed by atoms with Crippen LogP contribution in [0.4, 0.5) is 0 Å². The predicted molar refractivity (Wildman–Crippen MR) is 148 cm³/mol. The monoisotopic (exact) mass is 472 g/mol. The molecule has 0 aromatic rings. The highest BCUT2D eigenvalue weighted by molar-refractivity contribution is 6.83. The van der Waals surface area contributed by atoms with E-state index in [1.165, 1.54) is 57.8 Å². The van der Waals surface area contributed by atoms with E-state index in [9.17, 15) is 0 Å². The first kappa shape index (κ1) is 43.4. The van der Waals surface area contributed by atoms with Crippen LogP contribution in [0.5, 0.6) is 0 Å². The lowest BCUT2D eigenvalue weighted by molar-refractivity contribution is 0.282. The van der Waals surface area contributed by atoms with E-state index in [0.717, 1.165) is 6.42 Å². The highest BCUT2D eigenvalue weighted by Gasteiger charge is 2.31. The summed E-state index contributed by atoms with van der Waals surface area (Å²) >= 11 is 0. The zero-order valence-electron chi connectivity index (χ0n) is 18.6. The minimum absolute atomic E-state index is 0. The van der Waals surface area contributed by atoms with E-state index in [0.29, 0.717) is 6.61 Å². The van der Waals surface area contributed by atoms with Gasteiger partial charge in [0.05, 0.1) is 0 Å². The zero-order valence-corrected chi connectivity index (χ0v) is 21.8. The van der Waals surface area contributed by atoms with Crippen LogP contribution in [0.3, 0.4) is 0 Å². The van der Waals surface area contributed by atoms with Crippen molar-refractivity contribution < 1.29 is 13.3 Å². The number of aliphatic hydroxyl groups excluding tert-OH is 1. The van der Waals surface area contributed by atoms with E-state index in [1.807, 2.05) is 0 Å². The lowest BCUT2D eigenvalue weighted by atomic mass is 10.1. The lowest BCUT2D eigenvalue weighted by Gasteiger charge is -2.32. The number of rotatable bonds is 14. The molecule has 0 aliphatic heterocycles. The van der Waals surface area contributed by atoms with Gasteiger partial charge < -0.3 is 13.3 Å². The SMILES string of the molecule is C.C.C.C.CCCCCCCCCCCCO.C[SiH](C)O[Si](C)(C)O[Si](C)(C)C. The largest absolute Gasteiger partial charge is 0.440 e. The summed E-state index contributed by atoms with van der Waals surface area (Å²) in [5.41, 5.74) is 0. The summed E-state index contributed by atoms with van der Waals surface area (Å²) in [6.07, 6.45) is 13.3. The fraction of sp³-hybridized carbons (Fsp3) is 1.00. The Bertz CT molecular complexity index is 271. The summed E-state index contributed by atoms with van der Waals surface area (Å²) in [7, 11) is -4.10. The molecular formula is C23H64O3Si3. The fourth-order valence-electron chi connectivity index (χ4n) is 2.93. The van der Waals surface area contributed by atoms with Crippen LogP contribution in [0.15, 0.2) is 0 Å². The van der Waals surface area contributed by atoms with Crippen LogP contribution in [-0.4, -0.2) is 37.6 Å². The average molecular weight is 473 g/mol. The number of aliphatic hydroxyl groups is 1. The summed E-state index contributed by atoms with van der Waals surface area (Å²) in [4.78, 5) is 0. The van der Waals surface area contributed by atoms with E-state index in [2.05, 4.69) is 52.8 Å². The molecule has 1 N–H and O–H groups in total. The van der Waals surface area contributed by atoms with Gasteiger partial charge >= 0.3 is 8.56 Å². The maximum absolute atomic E-state index is 8.57. The van der Waals surface area contributed by atoms with Gasteiger partial charge in [-0.1, -0.05) is 94.4 Å². The minimum Gasteiger partial charge on any atom is -0.440 e. The van der Waals surface area contributed by atoms with Crippen LogP contribution >= 0.6 is 0 Å². The Morgan fingerprint density at radius 2 is 1.00 bits per heavy atom. The average Bonchev–Trinajstić information content (AvgIpc) is 2.42. The Morgan fingerprint density at radius 3 is 1.28 bits per heavy atom. The molecule has 0 rings (SSSR count). The van der Waals surface area contributed by atoms with Crippen LogP contribution in [0.1, 0.15) is 101 Å². The number of hydrogen-bond donors (Lipinski definition) is 1. The smallest absolute Gasteiger partial charge is 0.310 e. The summed E-state index contributed by atoms with van der Waals surface area (Å²) in [5, 5.41) is 8.57. The topological polar surface area (TPSA) is 38.7 Å². The van der Waals surface area contributed by atoms with E-state index < -0.39 is 25.9 Å². The van der Waals surface area contributed by atoms with Crippen molar-refractivity contribution in [2.75, 3.05) is 6.61 Å². The minimum atomic E-state index is -1.78. The van der Waals surface area contributed by atoms with Crippen molar-refractivity contribution in [3.05, 3.63) is 0 Å². The van der Waals surface area contributed by atoms with E-state index in [1.54, 1.807) is 0 Å². The van der Waals surface area contributed by atoms with Crippen LogP contribution in [0.2, 0.25) is 45.8 Å². The highest BCUT2D eigenvalue weighted by atomic mass is 28.5. The van der Waals surface area contributed by atoms with E-state index >= 15 is 0 Å². The molecule has 29 heavy (non-hydrogen) atoms. The van der Waals surface area contributed by atoms with Gasteiger partial charge in [0.15, 0.2) is 17.4 Å². The Balaban J connectivity index is -0.0000000803. The molecule has 0 saturated carbocycles. The van der Waals surface area contributed by atoms with Gasteiger partial charge in [-0.05, 0) is 52.2 Å². The Kier molecular flexibility index (Phi) is 39.8. The van der Waals surface area contributed by atoms with Crippen LogP contribution in [-0.2, 0) is 8.23 Å². The van der Waals surface area contributed by atoms with E-state index in [-0.39, 0.29) is 29.7 Å². The summed E-state index contributed by atoms with van der Waals surface area (Å²) < 4.78 is 11.9. The van der Waals surface area contributed by atoms with Gasteiger partial charge in [0, 0.05) is 6.61 Å². The van der Waals surface area contributed by atoms with Crippen LogP contribution in [0.25, 0.3) is 0 Å². The molecule has 0 aliphatic rings. The van der Waals surface area contributed by atoms with Crippen LogP contribution in [0, 0.1) is 0 Å². The molecule has 0 aromatic heterocycles. The standard InChI is InChI=1S/C12H26O.C7H22O2Si3.4CH4/c1-2-3-4-5-6-7-8-9-10-11-12-13;1-10(2)8-12(6,7)9-11(3,4)5;;;;/h13H,2-12H2,1H3;10H,1-7H3;4*1H4. The van der Waals surface area contributed by atoms with Gasteiger partial charge in [-0.3, -0.25) is 0 Å². The number of unbranched alkanes of at least 4 members (excludes halogenated alkanes) is 9. The van der Waals surface area contributed by atoms with Gasteiger partial charge in [-0.25, -0.2) is 0 Å². The zero-order chi connectivity index (χ0) is 19.8. The van der Waals surface area contributed by atoms with Crippen molar-refractivity contribution in [2.45, 2.75) is 147 Å². The number of hydrogen-bond acceptors (Lipinski definition) is 3. The molecule has 0 unspecified atom stereocenters. The quantitative estimate of drug-likeness (QED) is 0.202. The molecule has 6 heteroatoms. The van der Waals surface area contributed by atoms with Crippen molar-refractivity contribution >= 4 is 25.9 Å². The molecule has 186 valence electrons. The molecular weight excluding hydrogens is 409 g/mol. The first-order valence-corrected chi connectivity index (χ1v) is 19.5. The maximum Gasteiger partial charge on any atom is 0.310 e. The Morgan fingerprint density at radius 1 is 0.655 bits per heavy atom. The van der Waals surface area contributed by atoms with Gasteiger partial charge in [0.25, 0.3) is 0 Å². The van der Waals surface area contributed by atoms with Crippen molar-refractivity contribution in [3.63, 3.8) is 0 Å². The third-order valence-electron chi connectivity index (χ3n) is 3.58. The lowest BCUT2D eigenvalue weighted by Crippen LogP contribution is -2.46. The summed E-state index contributed by atoms with van der Waals surface area (Å²) in [6.45, 7) is 18.0. The Labute approximate surface area is 192 Å². The molecule has 0 spiro atoms. The van der Waals surface area contributed by atoms with Crippen LogP contribution < -0.4 is 0 Å². The second-order valence-corrected chi connectivity index (χ2v) is 19.6.